The predicted molar refractivity (Wildman–Crippen MR) is 125 cm³/mol. The monoisotopic (exact) mass is 483 g/mol. The summed E-state index contributed by atoms with van der Waals surface area (Å²) in [7, 11) is 1.82. The Balaban J connectivity index is 0.00000364. The van der Waals surface area contributed by atoms with Crippen LogP contribution < -0.4 is 10.6 Å². The van der Waals surface area contributed by atoms with E-state index < -0.39 is 0 Å². The number of aromatic nitrogens is 2. The van der Waals surface area contributed by atoms with Crippen molar-refractivity contribution in [3.63, 3.8) is 0 Å². The van der Waals surface area contributed by atoms with Crippen molar-refractivity contribution in [3.05, 3.63) is 53.3 Å². The molecule has 1 aromatic carbocycles. The molecule has 0 amide bonds. The highest BCUT2D eigenvalue weighted by Crippen LogP contribution is 2.06. The van der Waals surface area contributed by atoms with Crippen LogP contribution in [-0.2, 0) is 13.0 Å². The average Bonchev–Trinajstić information content (AvgIpc) is 2.94. The van der Waals surface area contributed by atoms with Crippen LogP contribution in [0.3, 0.4) is 0 Å². The zero-order chi connectivity index (χ0) is 18.9. The number of guanidine groups is 1. The lowest BCUT2D eigenvalue weighted by molar-refractivity contribution is 0.434. The highest BCUT2D eigenvalue weighted by Gasteiger charge is 2.10. The molecule has 2 atom stereocenters. The standard InChI is InChI=1S/C21H33N5.HI/c1-16(15-26-19(4)13-18(3)25-26)14-23-21(22-5)24-17(2)11-12-20-9-7-6-8-10-20;/h6-10,13,16-17H,11-12,14-15H2,1-5H3,(H2,22,23,24);1H. The van der Waals surface area contributed by atoms with Crippen molar-refractivity contribution in [3.8, 4) is 0 Å². The van der Waals surface area contributed by atoms with E-state index in [1.54, 1.807) is 0 Å². The van der Waals surface area contributed by atoms with E-state index in [1.807, 2.05) is 14.0 Å². The van der Waals surface area contributed by atoms with Gasteiger partial charge in [-0.1, -0.05) is 37.3 Å². The highest BCUT2D eigenvalue weighted by molar-refractivity contribution is 14.0. The Kier molecular flexibility index (Phi) is 10.4. The lowest BCUT2D eigenvalue weighted by atomic mass is 10.1. The van der Waals surface area contributed by atoms with E-state index in [1.165, 1.54) is 11.3 Å². The number of hydrogen-bond donors (Lipinski definition) is 2. The normalized spacial score (nSPS) is 13.6. The molecule has 0 radical (unpaired) electrons. The van der Waals surface area contributed by atoms with E-state index in [2.05, 4.69) is 82.6 Å². The Bertz CT molecular complexity index is 696. The summed E-state index contributed by atoms with van der Waals surface area (Å²) in [6.07, 6.45) is 2.15. The summed E-state index contributed by atoms with van der Waals surface area (Å²) >= 11 is 0. The van der Waals surface area contributed by atoms with Gasteiger partial charge < -0.3 is 10.6 Å². The van der Waals surface area contributed by atoms with Crippen LogP contribution in [0.4, 0.5) is 0 Å². The van der Waals surface area contributed by atoms with Gasteiger partial charge in [-0.2, -0.15) is 5.10 Å². The fourth-order valence-corrected chi connectivity index (χ4v) is 3.02. The minimum atomic E-state index is 0. The van der Waals surface area contributed by atoms with Gasteiger partial charge >= 0.3 is 0 Å². The van der Waals surface area contributed by atoms with Crippen molar-refractivity contribution in [2.45, 2.75) is 53.1 Å². The molecule has 2 aromatic rings. The first-order valence-electron chi connectivity index (χ1n) is 9.50. The maximum absolute atomic E-state index is 4.54. The Hall–Kier alpha value is -1.57. The molecule has 1 aromatic heterocycles. The van der Waals surface area contributed by atoms with Crippen LogP contribution in [0.1, 0.15) is 37.2 Å². The fraction of sp³-hybridized carbons (Fsp3) is 0.524. The average molecular weight is 483 g/mol. The number of nitrogens with zero attached hydrogens (tertiary/aromatic N) is 3. The number of benzene rings is 1. The van der Waals surface area contributed by atoms with Crippen molar-refractivity contribution in [2.24, 2.45) is 10.9 Å². The molecule has 2 unspecified atom stereocenters. The number of nitrogens with one attached hydrogen (secondary N) is 2. The van der Waals surface area contributed by atoms with E-state index in [9.17, 15) is 0 Å². The summed E-state index contributed by atoms with van der Waals surface area (Å²) in [5, 5.41) is 11.5. The predicted octanol–water partition coefficient (Wildman–Crippen LogP) is 3.94. The minimum absolute atomic E-state index is 0. The summed E-state index contributed by atoms with van der Waals surface area (Å²) in [6.45, 7) is 10.4. The second-order valence-electron chi connectivity index (χ2n) is 7.24. The molecule has 0 aliphatic rings. The molecule has 2 rings (SSSR count). The van der Waals surface area contributed by atoms with Gasteiger partial charge in [0.2, 0.25) is 0 Å². The van der Waals surface area contributed by atoms with Gasteiger partial charge in [-0.25, -0.2) is 0 Å². The van der Waals surface area contributed by atoms with E-state index in [0.29, 0.717) is 12.0 Å². The summed E-state index contributed by atoms with van der Waals surface area (Å²) in [4.78, 5) is 4.36. The van der Waals surface area contributed by atoms with Gasteiger partial charge in [0.05, 0.1) is 5.69 Å². The molecule has 6 heteroatoms. The molecule has 27 heavy (non-hydrogen) atoms. The van der Waals surface area contributed by atoms with Gasteiger partial charge in [-0.3, -0.25) is 9.67 Å². The van der Waals surface area contributed by atoms with E-state index in [4.69, 9.17) is 0 Å². The fourth-order valence-electron chi connectivity index (χ4n) is 3.02. The third-order valence-electron chi connectivity index (χ3n) is 4.52. The Morgan fingerprint density at radius 2 is 1.89 bits per heavy atom. The van der Waals surface area contributed by atoms with Crippen LogP contribution in [0.5, 0.6) is 0 Å². The minimum Gasteiger partial charge on any atom is -0.356 e. The maximum Gasteiger partial charge on any atom is 0.191 e. The molecule has 1 heterocycles. The van der Waals surface area contributed by atoms with E-state index >= 15 is 0 Å². The SMILES string of the molecule is CN=C(NCC(C)Cn1nc(C)cc1C)NC(C)CCc1ccccc1.I. The largest absolute Gasteiger partial charge is 0.356 e. The first-order chi connectivity index (χ1) is 12.5. The number of hydrogen-bond acceptors (Lipinski definition) is 2. The molecule has 0 saturated carbocycles. The molecule has 0 aliphatic heterocycles. The highest BCUT2D eigenvalue weighted by atomic mass is 127. The zero-order valence-corrected chi connectivity index (χ0v) is 19.5. The first kappa shape index (κ1) is 23.5. The Morgan fingerprint density at radius 3 is 2.48 bits per heavy atom. The summed E-state index contributed by atoms with van der Waals surface area (Å²) in [6, 6.07) is 13.1. The summed E-state index contributed by atoms with van der Waals surface area (Å²) in [5.74, 6) is 1.33. The lowest BCUT2D eigenvalue weighted by Crippen LogP contribution is -2.44. The van der Waals surface area contributed by atoms with Crippen LogP contribution in [0, 0.1) is 19.8 Å². The third-order valence-corrected chi connectivity index (χ3v) is 4.52. The van der Waals surface area contributed by atoms with Gasteiger partial charge in [0.1, 0.15) is 0 Å². The maximum atomic E-state index is 4.54. The smallest absolute Gasteiger partial charge is 0.191 e. The second-order valence-corrected chi connectivity index (χ2v) is 7.24. The zero-order valence-electron chi connectivity index (χ0n) is 17.2. The molecule has 150 valence electrons. The van der Waals surface area contributed by atoms with Crippen molar-refractivity contribution >= 4 is 29.9 Å². The molecule has 0 spiro atoms. The molecular formula is C21H34IN5. The molecule has 0 saturated heterocycles. The second kappa shape index (κ2) is 12.0. The van der Waals surface area contributed by atoms with Crippen LogP contribution in [-0.4, -0.2) is 35.4 Å². The van der Waals surface area contributed by atoms with Gasteiger partial charge in [0.25, 0.3) is 0 Å². The van der Waals surface area contributed by atoms with Crippen molar-refractivity contribution in [1.29, 1.82) is 0 Å². The molecule has 5 nitrogen and oxygen atoms in total. The van der Waals surface area contributed by atoms with E-state index in [-0.39, 0.29) is 24.0 Å². The molecule has 2 N–H and O–H groups in total. The van der Waals surface area contributed by atoms with Gasteiger partial charge in [-0.05, 0) is 51.2 Å². The van der Waals surface area contributed by atoms with Gasteiger partial charge in [0.15, 0.2) is 5.96 Å². The van der Waals surface area contributed by atoms with Crippen molar-refractivity contribution in [2.75, 3.05) is 13.6 Å². The van der Waals surface area contributed by atoms with Crippen LogP contribution >= 0.6 is 24.0 Å². The third kappa shape index (κ3) is 8.32. The lowest BCUT2D eigenvalue weighted by Gasteiger charge is -2.20. The first-order valence-corrected chi connectivity index (χ1v) is 9.50. The number of rotatable bonds is 8. The number of aryl methyl sites for hydroxylation is 3. The topological polar surface area (TPSA) is 54.2 Å². The van der Waals surface area contributed by atoms with Crippen LogP contribution in [0.2, 0.25) is 0 Å². The van der Waals surface area contributed by atoms with Crippen LogP contribution in [0.25, 0.3) is 0 Å². The quantitative estimate of drug-likeness (QED) is 0.340. The molecule has 0 aliphatic carbocycles. The van der Waals surface area contributed by atoms with Gasteiger partial charge in [-0.15, -0.1) is 24.0 Å². The van der Waals surface area contributed by atoms with E-state index in [0.717, 1.165) is 37.6 Å². The Morgan fingerprint density at radius 1 is 1.19 bits per heavy atom. The van der Waals surface area contributed by atoms with Crippen molar-refractivity contribution in [1.82, 2.24) is 20.4 Å². The molecule has 0 fully saturated rings. The van der Waals surface area contributed by atoms with Crippen molar-refractivity contribution < 1.29 is 0 Å². The molecular weight excluding hydrogens is 449 g/mol. The van der Waals surface area contributed by atoms with Crippen LogP contribution in [0.15, 0.2) is 41.4 Å². The Labute approximate surface area is 181 Å². The summed E-state index contributed by atoms with van der Waals surface area (Å²) < 4.78 is 2.08. The van der Waals surface area contributed by atoms with Gasteiger partial charge in [0, 0.05) is 31.9 Å². The number of halogens is 1. The summed E-state index contributed by atoms with van der Waals surface area (Å²) in [5.41, 5.74) is 3.67. The molecule has 0 bridgehead atoms. The number of aliphatic imine (C=N–C) groups is 1.